The summed E-state index contributed by atoms with van der Waals surface area (Å²) in [6.45, 7) is 4.19. The standard InChI is InChI=1S/C25H34ClN3O.ClH/c26-23-2-1-16(3-4-29-14-20-9-21(29)13-27-20)8-22(23)24(30)28-15-25-10-17-5-18(11-25)7-19(6-17)12-25;/h1-2,8,17-21,27H,3-7,9-15H2,(H,28,30);1H. The van der Waals surface area contributed by atoms with Gasteiger partial charge in [-0.3, -0.25) is 9.69 Å². The number of piperazine rings is 1. The Hall–Kier alpha value is -0.810. The van der Waals surface area contributed by atoms with Crippen LogP contribution in [0.3, 0.4) is 0 Å². The summed E-state index contributed by atoms with van der Waals surface area (Å²) in [5.74, 6) is 2.75. The van der Waals surface area contributed by atoms with E-state index in [9.17, 15) is 4.79 Å². The quantitative estimate of drug-likeness (QED) is 0.660. The van der Waals surface area contributed by atoms with Gasteiger partial charge < -0.3 is 10.6 Å². The van der Waals surface area contributed by atoms with Crippen molar-refractivity contribution >= 4 is 29.9 Å². The van der Waals surface area contributed by atoms with Crippen molar-refractivity contribution in [1.82, 2.24) is 15.5 Å². The SMILES string of the molecule is Cl.O=C(NCC12CC3CC(CC(C3)C1)C2)c1cc(CCN2CC3CC2CN3)ccc1Cl. The van der Waals surface area contributed by atoms with E-state index in [1.807, 2.05) is 12.1 Å². The van der Waals surface area contributed by atoms with Crippen LogP contribution >= 0.6 is 24.0 Å². The molecule has 6 aliphatic rings. The lowest BCUT2D eigenvalue weighted by molar-refractivity contribution is -0.0503. The molecular weight excluding hydrogens is 429 g/mol. The molecule has 0 spiro atoms. The highest BCUT2D eigenvalue weighted by molar-refractivity contribution is 6.33. The van der Waals surface area contributed by atoms with Gasteiger partial charge in [-0.2, -0.15) is 0 Å². The number of likely N-dealkylation sites (tertiary alicyclic amines) is 1. The Labute approximate surface area is 197 Å². The normalized spacial score (nSPS) is 37.8. The first-order valence-electron chi connectivity index (χ1n) is 12.1. The van der Waals surface area contributed by atoms with Crippen molar-refractivity contribution in [2.75, 3.05) is 26.2 Å². The second-order valence-electron chi connectivity index (χ2n) is 11.2. The summed E-state index contributed by atoms with van der Waals surface area (Å²) in [4.78, 5) is 15.7. The third kappa shape index (κ3) is 4.26. The molecule has 0 radical (unpaired) electrons. The summed E-state index contributed by atoms with van der Waals surface area (Å²) in [5.41, 5.74) is 2.23. The van der Waals surface area contributed by atoms with Gasteiger partial charge in [-0.05, 0) is 92.2 Å². The van der Waals surface area contributed by atoms with E-state index in [-0.39, 0.29) is 18.3 Å². The first-order chi connectivity index (χ1) is 14.6. The van der Waals surface area contributed by atoms with Gasteiger partial charge in [-0.25, -0.2) is 0 Å². The minimum Gasteiger partial charge on any atom is -0.351 e. The van der Waals surface area contributed by atoms with Gasteiger partial charge in [0.15, 0.2) is 0 Å². The molecule has 2 heterocycles. The van der Waals surface area contributed by atoms with Crippen LogP contribution in [0.2, 0.25) is 5.02 Å². The maximum absolute atomic E-state index is 13.1. The van der Waals surface area contributed by atoms with Gasteiger partial charge in [-0.15, -0.1) is 12.4 Å². The highest BCUT2D eigenvalue weighted by atomic mass is 35.5. The van der Waals surface area contributed by atoms with Crippen molar-refractivity contribution in [3.8, 4) is 0 Å². The Morgan fingerprint density at radius 2 is 1.84 bits per heavy atom. The lowest BCUT2D eigenvalue weighted by atomic mass is 9.49. The predicted molar refractivity (Wildman–Crippen MR) is 127 cm³/mol. The molecule has 4 nitrogen and oxygen atoms in total. The van der Waals surface area contributed by atoms with E-state index in [2.05, 4.69) is 21.6 Å². The second kappa shape index (κ2) is 8.52. The van der Waals surface area contributed by atoms with Crippen LogP contribution in [0, 0.1) is 23.2 Å². The molecule has 0 aromatic heterocycles. The number of hydrogen-bond donors (Lipinski definition) is 2. The van der Waals surface area contributed by atoms with Gasteiger partial charge in [-0.1, -0.05) is 17.7 Å². The molecule has 6 bridgehead atoms. The van der Waals surface area contributed by atoms with Crippen molar-refractivity contribution in [3.63, 3.8) is 0 Å². The van der Waals surface area contributed by atoms with E-state index in [1.54, 1.807) is 0 Å². The number of amides is 1. The number of carbonyl (C=O) groups excluding carboxylic acids is 1. The average molecular weight is 464 g/mol. The first kappa shape index (κ1) is 22.0. The number of rotatable bonds is 6. The maximum atomic E-state index is 13.1. The van der Waals surface area contributed by atoms with Gasteiger partial charge in [0.2, 0.25) is 0 Å². The molecule has 4 aliphatic carbocycles. The fourth-order valence-corrected chi connectivity index (χ4v) is 8.17. The number of nitrogens with one attached hydrogen (secondary N) is 2. The van der Waals surface area contributed by atoms with E-state index < -0.39 is 0 Å². The van der Waals surface area contributed by atoms with Crippen molar-refractivity contribution in [1.29, 1.82) is 0 Å². The van der Waals surface area contributed by atoms with Gasteiger partial charge in [0.05, 0.1) is 10.6 Å². The molecule has 1 amide bonds. The fourth-order valence-electron chi connectivity index (χ4n) is 7.97. The summed E-state index contributed by atoms with van der Waals surface area (Å²) < 4.78 is 0. The van der Waals surface area contributed by atoms with Crippen molar-refractivity contribution in [3.05, 3.63) is 34.3 Å². The first-order valence-corrected chi connectivity index (χ1v) is 12.5. The van der Waals surface area contributed by atoms with E-state index >= 15 is 0 Å². The van der Waals surface area contributed by atoms with Crippen molar-refractivity contribution < 1.29 is 4.79 Å². The number of benzene rings is 1. The number of hydrogen-bond acceptors (Lipinski definition) is 3. The Balaban J connectivity index is 0.00000204. The highest BCUT2D eigenvalue weighted by Gasteiger charge is 2.50. The van der Waals surface area contributed by atoms with Gasteiger partial charge in [0.1, 0.15) is 0 Å². The minimum absolute atomic E-state index is 0. The van der Waals surface area contributed by atoms with Crippen LogP contribution in [0.15, 0.2) is 18.2 Å². The second-order valence-corrected chi connectivity index (χ2v) is 11.6. The number of halogens is 2. The largest absolute Gasteiger partial charge is 0.351 e. The van der Waals surface area contributed by atoms with E-state index in [0.29, 0.717) is 28.1 Å². The van der Waals surface area contributed by atoms with Crippen LogP contribution in [-0.4, -0.2) is 49.1 Å². The molecule has 1 aromatic carbocycles. The number of fused-ring (bicyclic) bond motifs is 2. The van der Waals surface area contributed by atoms with Crippen molar-refractivity contribution in [2.24, 2.45) is 23.2 Å². The zero-order chi connectivity index (χ0) is 20.3. The Morgan fingerprint density at radius 3 is 2.45 bits per heavy atom. The van der Waals surface area contributed by atoms with Crippen LogP contribution in [0.25, 0.3) is 0 Å². The molecule has 2 N–H and O–H groups in total. The van der Waals surface area contributed by atoms with Gasteiger partial charge >= 0.3 is 0 Å². The summed E-state index contributed by atoms with van der Waals surface area (Å²) in [5, 5.41) is 7.44. The molecule has 4 saturated carbocycles. The molecule has 7 rings (SSSR count). The van der Waals surface area contributed by atoms with Crippen molar-refractivity contribution in [2.45, 2.75) is 63.5 Å². The van der Waals surface area contributed by atoms with E-state index in [0.717, 1.165) is 50.4 Å². The molecule has 170 valence electrons. The third-order valence-electron chi connectivity index (χ3n) is 8.92. The Kier molecular flexibility index (Phi) is 6.05. The van der Waals surface area contributed by atoms with Crippen LogP contribution in [0.4, 0.5) is 0 Å². The summed E-state index contributed by atoms with van der Waals surface area (Å²) in [6.07, 6.45) is 10.6. The number of carbonyl (C=O) groups is 1. The molecule has 6 heteroatoms. The third-order valence-corrected chi connectivity index (χ3v) is 9.25. The number of nitrogens with zero attached hydrogens (tertiary/aromatic N) is 1. The lowest BCUT2D eigenvalue weighted by Crippen LogP contribution is -2.51. The predicted octanol–water partition coefficient (Wildman–Crippen LogP) is 4.30. The van der Waals surface area contributed by atoms with E-state index in [4.69, 9.17) is 11.6 Å². The summed E-state index contributed by atoms with van der Waals surface area (Å²) >= 11 is 6.44. The van der Waals surface area contributed by atoms with Gasteiger partial charge in [0, 0.05) is 38.3 Å². The van der Waals surface area contributed by atoms with Crippen LogP contribution in [0.5, 0.6) is 0 Å². The topological polar surface area (TPSA) is 44.4 Å². The molecule has 6 fully saturated rings. The Bertz CT molecular complexity index is 809. The fraction of sp³-hybridized carbons (Fsp3) is 0.720. The highest BCUT2D eigenvalue weighted by Crippen LogP contribution is 2.59. The van der Waals surface area contributed by atoms with Gasteiger partial charge in [0.25, 0.3) is 5.91 Å². The lowest BCUT2D eigenvalue weighted by Gasteiger charge is -2.56. The molecule has 2 aliphatic heterocycles. The zero-order valence-electron chi connectivity index (χ0n) is 18.2. The average Bonchev–Trinajstić information content (AvgIpc) is 3.34. The molecule has 2 atom stereocenters. The summed E-state index contributed by atoms with van der Waals surface area (Å²) in [6, 6.07) is 7.42. The molecule has 31 heavy (non-hydrogen) atoms. The van der Waals surface area contributed by atoms with Crippen LogP contribution in [0.1, 0.15) is 60.9 Å². The van der Waals surface area contributed by atoms with E-state index in [1.165, 1.54) is 50.5 Å². The Morgan fingerprint density at radius 1 is 1.13 bits per heavy atom. The molecule has 1 aromatic rings. The minimum atomic E-state index is 0. The summed E-state index contributed by atoms with van der Waals surface area (Å²) in [7, 11) is 0. The smallest absolute Gasteiger partial charge is 0.252 e. The van der Waals surface area contributed by atoms with Crippen LogP contribution < -0.4 is 10.6 Å². The molecule has 2 unspecified atom stereocenters. The molecule has 2 saturated heterocycles. The van der Waals surface area contributed by atoms with Crippen LogP contribution in [-0.2, 0) is 6.42 Å². The maximum Gasteiger partial charge on any atom is 0.252 e. The zero-order valence-corrected chi connectivity index (χ0v) is 19.8. The molecular formula is C25H35Cl2N3O. The monoisotopic (exact) mass is 463 g/mol.